The topological polar surface area (TPSA) is 25.2 Å². The van der Waals surface area contributed by atoms with Crippen LogP contribution in [0.3, 0.4) is 0 Å². The first-order valence-electron chi connectivity index (χ1n) is 6.25. The molecule has 0 aliphatic rings. The minimum atomic E-state index is 0.106. The Hall–Kier alpha value is -1.06. The molecule has 0 aliphatic carbocycles. The minimum absolute atomic E-state index is 0.106. The number of hydrogen-bond acceptors (Lipinski definition) is 2. The van der Waals surface area contributed by atoms with Crippen LogP contribution in [-0.2, 0) is 0 Å². The van der Waals surface area contributed by atoms with Crippen molar-refractivity contribution in [2.45, 2.75) is 26.3 Å². The van der Waals surface area contributed by atoms with E-state index in [1.807, 2.05) is 6.07 Å². The molecule has 1 unspecified atom stereocenters. The number of rotatable bonds is 5. The first kappa shape index (κ1) is 13.4. The van der Waals surface area contributed by atoms with Crippen molar-refractivity contribution in [3.8, 4) is 0 Å². The van der Waals surface area contributed by atoms with Crippen molar-refractivity contribution >= 4 is 15.9 Å². The van der Waals surface area contributed by atoms with Crippen LogP contribution in [0, 0.1) is 6.92 Å². The third kappa shape index (κ3) is 3.03. The number of nitrogens with one attached hydrogen (secondary N) is 1. The average Bonchev–Trinajstić information content (AvgIpc) is 2.78. The molecule has 0 amide bonds. The van der Waals surface area contributed by atoms with Crippen LogP contribution in [0.4, 0.5) is 0 Å². The number of hydrogen-bond donors (Lipinski definition) is 1. The largest absolute Gasteiger partial charge is 0.466 e. The highest BCUT2D eigenvalue weighted by Crippen LogP contribution is 2.29. The number of benzene rings is 1. The van der Waals surface area contributed by atoms with Crippen LogP contribution in [-0.4, -0.2) is 6.54 Å². The molecular formula is C15H18BrNO. The molecule has 0 aliphatic heterocycles. The lowest BCUT2D eigenvalue weighted by atomic mass is 10.0. The Morgan fingerprint density at radius 2 is 1.94 bits per heavy atom. The SMILES string of the molecule is CCCNC(c1ccc(C)cc1)c1occc1Br. The van der Waals surface area contributed by atoms with Crippen molar-refractivity contribution in [2.24, 2.45) is 0 Å². The molecule has 2 aromatic rings. The summed E-state index contributed by atoms with van der Waals surface area (Å²) < 4.78 is 6.61. The highest BCUT2D eigenvalue weighted by Gasteiger charge is 2.19. The molecule has 18 heavy (non-hydrogen) atoms. The van der Waals surface area contributed by atoms with Crippen LogP contribution in [0.2, 0.25) is 0 Å². The molecule has 0 radical (unpaired) electrons. The summed E-state index contributed by atoms with van der Waals surface area (Å²) >= 11 is 3.54. The monoisotopic (exact) mass is 307 g/mol. The number of furan rings is 1. The van der Waals surface area contributed by atoms with Crippen LogP contribution >= 0.6 is 15.9 Å². The summed E-state index contributed by atoms with van der Waals surface area (Å²) in [6, 6.07) is 10.6. The summed E-state index contributed by atoms with van der Waals surface area (Å²) in [5.41, 5.74) is 2.50. The average molecular weight is 308 g/mol. The lowest BCUT2D eigenvalue weighted by Crippen LogP contribution is -2.23. The Morgan fingerprint density at radius 1 is 1.22 bits per heavy atom. The van der Waals surface area contributed by atoms with Gasteiger partial charge in [0.15, 0.2) is 0 Å². The Balaban J connectivity index is 2.30. The summed E-state index contributed by atoms with van der Waals surface area (Å²) in [7, 11) is 0. The second-order valence-corrected chi connectivity index (χ2v) is 5.28. The molecule has 96 valence electrons. The third-order valence-electron chi connectivity index (χ3n) is 2.92. The van der Waals surface area contributed by atoms with Crippen LogP contribution in [0.15, 0.2) is 45.5 Å². The van der Waals surface area contributed by atoms with Gasteiger partial charge in [-0.2, -0.15) is 0 Å². The molecule has 2 rings (SSSR count). The Kier molecular flexibility index (Phi) is 4.61. The van der Waals surface area contributed by atoms with E-state index in [1.165, 1.54) is 11.1 Å². The van der Waals surface area contributed by atoms with Crippen molar-refractivity contribution in [3.63, 3.8) is 0 Å². The molecule has 1 N–H and O–H groups in total. The molecule has 0 spiro atoms. The minimum Gasteiger partial charge on any atom is -0.466 e. The van der Waals surface area contributed by atoms with Crippen molar-refractivity contribution in [1.29, 1.82) is 0 Å². The smallest absolute Gasteiger partial charge is 0.139 e. The highest BCUT2D eigenvalue weighted by molar-refractivity contribution is 9.10. The molecular weight excluding hydrogens is 290 g/mol. The van der Waals surface area contributed by atoms with Gasteiger partial charge in [-0.15, -0.1) is 0 Å². The maximum atomic E-state index is 5.60. The van der Waals surface area contributed by atoms with Gasteiger partial charge in [-0.1, -0.05) is 36.8 Å². The fraction of sp³-hybridized carbons (Fsp3) is 0.333. The van der Waals surface area contributed by atoms with E-state index in [-0.39, 0.29) is 6.04 Å². The molecule has 1 aromatic heterocycles. The fourth-order valence-electron chi connectivity index (χ4n) is 1.92. The van der Waals surface area contributed by atoms with Gasteiger partial charge in [-0.25, -0.2) is 0 Å². The zero-order valence-corrected chi connectivity index (χ0v) is 12.3. The normalized spacial score (nSPS) is 12.6. The van der Waals surface area contributed by atoms with Gasteiger partial charge in [0.25, 0.3) is 0 Å². The highest BCUT2D eigenvalue weighted by atomic mass is 79.9. The van der Waals surface area contributed by atoms with E-state index in [2.05, 4.69) is 59.4 Å². The van der Waals surface area contributed by atoms with Crippen LogP contribution in [0.25, 0.3) is 0 Å². The first-order chi connectivity index (χ1) is 8.72. The Bertz CT molecular complexity index is 489. The predicted molar refractivity (Wildman–Crippen MR) is 77.7 cm³/mol. The molecule has 0 saturated carbocycles. The van der Waals surface area contributed by atoms with Gasteiger partial charge in [-0.05, 0) is 47.4 Å². The zero-order chi connectivity index (χ0) is 13.0. The van der Waals surface area contributed by atoms with Gasteiger partial charge < -0.3 is 9.73 Å². The lowest BCUT2D eigenvalue weighted by molar-refractivity contribution is 0.444. The second-order valence-electron chi connectivity index (χ2n) is 4.43. The summed E-state index contributed by atoms with van der Waals surface area (Å²) in [4.78, 5) is 0. The van der Waals surface area contributed by atoms with E-state index in [9.17, 15) is 0 Å². The molecule has 2 nitrogen and oxygen atoms in total. The Morgan fingerprint density at radius 3 is 2.50 bits per heavy atom. The Labute approximate surface area is 117 Å². The predicted octanol–water partition coefficient (Wildman–Crippen LogP) is 4.44. The van der Waals surface area contributed by atoms with Crippen molar-refractivity contribution in [3.05, 3.63) is 58.0 Å². The van der Waals surface area contributed by atoms with Gasteiger partial charge in [0.2, 0.25) is 0 Å². The standard InChI is InChI=1S/C15H18BrNO/c1-3-9-17-14(15-13(16)8-10-18-15)12-6-4-11(2)5-7-12/h4-8,10,14,17H,3,9H2,1-2H3. The van der Waals surface area contributed by atoms with Gasteiger partial charge >= 0.3 is 0 Å². The summed E-state index contributed by atoms with van der Waals surface area (Å²) in [5.74, 6) is 0.937. The summed E-state index contributed by atoms with van der Waals surface area (Å²) in [5, 5.41) is 3.52. The van der Waals surface area contributed by atoms with Crippen LogP contribution < -0.4 is 5.32 Å². The number of halogens is 1. The quantitative estimate of drug-likeness (QED) is 0.883. The van der Waals surface area contributed by atoms with E-state index in [0.717, 1.165) is 23.2 Å². The van der Waals surface area contributed by atoms with E-state index in [1.54, 1.807) is 6.26 Å². The van der Waals surface area contributed by atoms with Crippen LogP contribution in [0.1, 0.15) is 36.3 Å². The van der Waals surface area contributed by atoms with Crippen LogP contribution in [0.5, 0.6) is 0 Å². The van der Waals surface area contributed by atoms with Gasteiger partial charge in [0, 0.05) is 0 Å². The molecule has 0 bridgehead atoms. The van der Waals surface area contributed by atoms with Gasteiger partial charge in [0.05, 0.1) is 16.8 Å². The van der Waals surface area contributed by atoms with E-state index in [0.29, 0.717) is 0 Å². The zero-order valence-electron chi connectivity index (χ0n) is 10.7. The maximum Gasteiger partial charge on any atom is 0.139 e. The summed E-state index contributed by atoms with van der Waals surface area (Å²) in [6.45, 7) is 5.23. The van der Waals surface area contributed by atoms with Crippen molar-refractivity contribution in [2.75, 3.05) is 6.54 Å². The number of aryl methyl sites for hydroxylation is 1. The van der Waals surface area contributed by atoms with Gasteiger partial charge in [-0.3, -0.25) is 0 Å². The van der Waals surface area contributed by atoms with Gasteiger partial charge in [0.1, 0.15) is 5.76 Å². The molecule has 1 atom stereocenters. The van der Waals surface area contributed by atoms with Crippen molar-refractivity contribution in [1.82, 2.24) is 5.32 Å². The molecule has 1 heterocycles. The lowest BCUT2D eigenvalue weighted by Gasteiger charge is -2.17. The van der Waals surface area contributed by atoms with E-state index >= 15 is 0 Å². The molecule has 1 aromatic carbocycles. The molecule has 3 heteroatoms. The fourth-order valence-corrected chi connectivity index (χ4v) is 2.35. The summed E-state index contributed by atoms with van der Waals surface area (Å²) in [6.07, 6.45) is 2.81. The molecule has 0 saturated heterocycles. The first-order valence-corrected chi connectivity index (χ1v) is 7.04. The van der Waals surface area contributed by atoms with Crippen molar-refractivity contribution < 1.29 is 4.42 Å². The van der Waals surface area contributed by atoms with E-state index < -0.39 is 0 Å². The van der Waals surface area contributed by atoms with E-state index in [4.69, 9.17) is 4.42 Å². The molecule has 0 fully saturated rings. The maximum absolute atomic E-state index is 5.60. The third-order valence-corrected chi connectivity index (χ3v) is 3.57. The second kappa shape index (κ2) is 6.21.